The average molecular weight is 559 g/mol. The molecule has 1 aliphatic carbocycles. The normalized spacial score (nSPS) is 16.0. The third-order valence-electron chi connectivity index (χ3n) is 9.99. The molecule has 0 aromatic heterocycles. The van der Waals surface area contributed by atoms with Gasteiger partial charge in [-0.3, -0.25) is 0 Å². The number of para-hydroxylation sites is 3. The Morgan fingerprint density at radius 1 is 0.558 bits per heavy atom. The van der Waals surface area contributed by atoms with Crippen molar-refractivity contribution < 1.29 is 0 Å². The molecule has 1 fully saturated rings. The van der Waals surface area contributed by atoms with Crippen LogP contribution in [0.1, 0.15) is 69.9 Å². The number of anilines is 6. The largest absolute Gasteiger partial charge is 0.311 e. The van der Waals surface area contributed by atoms with Crippen molar-refractivity contribution >= 4 is 57.2 Å². The van der Waals surface area contributed by atoms with Crippen LogP contribution in [0, 0.1) is 0 Å². The number of rotatable bonds is 3. The quantitative estimate of drug-likeness (QED) is 0.200. The highest BCUT2D eigenvalue weighted by molar-refractivity contribution is 7.00. The number of fused-ring (bicyclic) bond motifs is 4. The summed E-state index contributed by atoms with van der Waals surface area (Å²) in [6.07, 6.45) is 6.57. The lowest BCUT2D eigenvalue weighted by atomic mass is 9.33. The lowest BCUT2D eigenvalue weighted by Crippen LogP contribution is -2.61. The molecule has 5 aromatic carbocycles. The molecule has 43 heavy (non-hydrogen) atoms. The fourth-order valence-electron chi connectivity index (χ4n) is 7.83. The Balaban J connectivity index is 1.43. The van der Waals surface area contributed by atoms with Gasteiger partial charge in [-0.1, -0.05) is 107 Å². The first-order valence-electron chi connectivity index (χ1n) is 16.1. The molecule has 2 nitrogen and oxygen atoms in total. The van der Waals surface area contributed by atoms with E-state index in [0.29, 0.717) is 5.92 Å². The van der Waals surface area contributed by atoms with E-state index in [9.17, 15) is 0 Å². The van der Waals surface area contributed by atoms with Gasteiger partial charge >= 0.3 is 0 Å². The van der Waals surface area contributed by atoms with Crippen LogP contribution in [0.5, 0.6) is 0 Å². The smallest absolute Gasteiger partial charge is 0.252 e. The first kappa shape index (κ1) is 26.4. The molecule has 0 atom stereocenters. The number of hydrogen-bond acceptors (Lipinski definition) is 2. The van der Waals surface area contributed by atoms with Crippen molar-refractivity contribution in [1.29, 1.82) is 0 Å². The van der Waals surface area contributed by atoms with Crippen LogP contribution in [0.4, 0.5) is 34.1 Å². The van der Waals surface area contributed by atoms with Crippen LogP contribution in [0.2, 0.25) is 0 Å². The zero-order valence-corrected chi connectivity index (χ0v) is 25.6. The molecule has 0 bridgehead atoms. The van der Waals surface area contributed by atoms with E-state index in [1.165, 1.54) is 93.7 Å². The van der Waals surface area contributed by atoms with Crippen LogP contribution < -0.4 is 26.2 Å². The standard InChI is InChI=1S/C40H39BN2/c1-40(2,3)30-22-24-32(25-23-30)43-36-21-13-11-19-34(36)41-33-18-10-12-20-35(33)42(31-16-8-5-9-17-31)37-26-29(27-38(43)39(37)41)28-14-6-4-7-15-28/h5,8-13,16-28H,4,6-7,14-15H2,1-3H3. The predicted molar refractivity (Wildman–Crippen MR) is 185 cm³/mol. The second-order valence-electron chi connectivity index (χ2n) is 13.7. The summed E-state index contributed by atoms with van der Waals surface area (Å²) in [4.78, 5) is 5.09. The zero-order chi connectivity index (χ0) is 29.1. The van der Waals surface area contributed by atoms with Crippen molar-refractivity contribution in [2.75, 3.05) is 9.80 Å². The maximum absolute atomic E-state index is 2.56. The maximum atomic E-state index is 2.56. The second-order valence-corrected chi connectivity index (χ2v) is 13.7. The van der Waals surface area contributed by atoms with Gasteiger partial charge in [0.15, 0.2) is 0 Å². The molecule has 0 saturated heterocycles. The predicted octanol–water partition coefficient (Wildman–Crippen LogP) is 9.11. The van der Waals surface area contributed by atoms with Gasteiger partial charge in [-0.15, -0.1) is 0 Å². The molecule has 212 valence electrons. The second kappa shape index (κ2) is 10.2. The summed E-state index contributed by atoms with van der Waals surface area (Å²) < 4.78 is 0. The maximum Gasteiger partial charge on any atom is 0.252 e. The van der Waals surface area contributed by atoms with E-state index in [0.717, 1.165) is 0 Å². The van der Waals surface area contributed by atoms with E-state index in [2.05, 4.69) is 146 Å². The Labute approximate surface area is 257 Å². The van der Waals surface area contributed by atoms with E-state index in [-0.39, 0.29) is 12.1 Å². The van der Waals surface area contributed by atoms with Gasteiger partial charge in [0, 0.05) is 34.1 Å². The van der Waals surface area contributed by atoms with Gasteiger partial charge in [0.25, 0.3) is 6.71 Å². The summed E-state index contributed by atoms with van der Waals surface area (Å²) in [6, 6.07) is 43.6. The number of hydrogen-bond donors (Lipinski definition) is 0. The van der Waals surface area contributed by atoms with Gasteiger partial charge in [0.2, 0.25) is 0 Å². The van der Waals surface area contributed by atoms with Gasteiger partial charge in [0.1, 0.15) is 0 Å². The first-order valence-corrected chi connectivity index (χ1v) is 16.1. The lowest BCUT2D eigenvalue weighted by molar-refractivity contribution is 0.444. The highest BCUT2D eigenvalue weighted by atomic mass is 15.2. The topological polar surface area (TPSA) is 6.48 Å². The third kappa shape index (κ3) is 4.32. The molecule has 0 radical (unpaired) electrons. The molecular weight excluding hydrogens is 519 g/mol. The van der Waals surface area contributed by atoms with Crippen LogP contribution in [0.15, 0.2) is 115 Å². The van der Waals surface area contributed by atoms with Crippen molar-refractivity contribution in [2.45, 2.75) is 64.2 Å². The van der Waals surface area contributed by atoms with Crippen LogP contribution in [0.3, 0.4) is 0 Å². The minimum Gasteiger partial charge on any atom is -0.311 e. The van der Waals surface area contributed by atoms with Gasteiger partial charge in [-0.05, 0) is 100 Å². The van der Waals surface area contributed by atoms with Crippen molar-refractivity contribution in [2.24, 2.45) is 0 Å². The summed E-state index contributed by atoms with van der Waals surface area (Å²) in [5, 5.41) is 0. The Hall–Kier alpha value is -4.24. The van der Waals surface area contributed by atoms with E-state index < -0.39 is 0 Å². The summed E-state index contributed by atoms with van der Waals surface area (Å²) in [5.41, 5.74) is 14.8. The van der Waals surface area contributed by atoms with Crippen LogP contribution in [-0.2, 0) is 5.41 Å². The molecule has 0 spiro atoms. The molecule has 8 rings (SSSR count). The fraction of sp³-hybridized carbons (Fsp3) is 0.250. The molecule has 2 aliphatic heterocycles. The lowest BCUT2D eigenvalue weighted by Gasteiger charge is -2.45. The SMILES string of the molecule is CC(C)(C)c1ccc(N2c3ccccc3B3c4ccccc4N(c4ccccc4)c4cc(C5CCCCC5)cc2c43)cc1. The van der Waals surface area contributed by atoms with Crippen molar-refractivity contribution in [3.63, 3.8) is 0 Å². The first-order chi connectivity index (χ1) is 21.0. The van der Waals surface area contributed by atoms with E-state index >= 15 is 0 Å². The number of nitrogens with zero attached hydrogens (tertiary/aromatic N) is 2. The molecule has 0 unspecified atom stereocenters. The molecule has 2 heterocycles. The molecular formula is C40H39BN2. The minimum absolute atomic E-state index is 0.114. The van der Waals surface area contributed by atoms with Crippen LogP contribution >= 0.6 is 0 Å². The summed E-state index contributed by atoms with van der Waals surface area (Å²) in [5.74, 6) is 0.603. The third-order valence-corrected chi connectivity index (χ3v) is 9.99. The Kier molecular flexibility index (Phi) is 6.26. The van der Waals surface area contributed by atoms with Gasteiger partial charge in [-0.2, -0.15) is 0 Å². The highest BCUT2D eigenvalue weighted by Gasteiger charge is 2.43. The Morgan fingerprint density at radius 3 is 1.63 bits per heavy atom. The Morgan fingerprint density at radius 2 is 1.07 bits per heavy atom. The van der Waals surface area contributed by atoms with Crippen LogP contribution in [0.25, 0.3) is 0 Å². The minimum atomic E-state index is 0.114. The molecule has 3 aliphatic rings. The molecule has 0 N–H and O–H groups in total. The van der Waals surface area contributed by atoms with Crippen molar-refractivity contribution in [3.05, 3.63) is 126 Å². The summed E-state index contributed by atoms with van der Waals surface area (Å²) in [7, 11) is 0. The number of benzene rings is 5. The average Bonchev–Trinajstić information content (AvgIpc) is 3.05. The Bertz CT molecular complexity index is 1800. The molecule has 5 aromatic rings. The molecule has 0 amide bonds. The molecule has 1 saturated carbocycles. The highest BCUT2D eigenvalue weighted by Crippen LogP contribution is 2.46. The van der Waals surface area contributed by atoms with Gasteiger partial charge < -0.3 is 9.80 Å². The van der Waals surface area contributed by atoms with Gasteiger partial charge in [0.05, 0.1) is 0 Å². The van der Waals surface area contributed by atoms with E-state index in [1.807, 2.05) is 0 Å². The zero-order valence-electron chi connectivity index (χ0n) is 25.6. The van der Waals surface area contributed by atoms with Gasteiger partial charge in [-0.25, -0.2) is 0 Å². The van der Waals surface area contributed by atoms with E-state index in [1.54, 1.807) is 0 Å². The summed E-state index contributed by atoms with van der Waals surface area (Å²) in [6.45, 7) is 7.07. The summed E-state index contributed by atoms with van der Waals surface area (Å²) >= 11 is 0. The molecule has 3 heteroatoms. The van der Waals surface area contributed by atoms with Crippen molar-refractivity contribution in [3.8, 4) is 0 Å². The van der Waals surface area contributed by atoms with Crippen LogP contribution in [-0.4, -0.2) is 6.71 Å². The fourth-order valence-corrected chi connectivity index (χ4v) is 7.83. The van der Waals surface area contributed by atoms with E-state index in [4.69, 9.17) is 0 Å². The van der Waals surface area contributed by atoms with Crippen molar-refractivity contribution in [1.82, 2.24) is 0 Å². The monoisotopic (exact) mass is 558 g/mol.